The topological polar surface area (TPSA) is 21.3 Å². The second-order valence-corrected chi connectivity index (χ2v) is 12.9. The highest BCUT2D eigenvalue weighted by Crippen LogP contribution is 2.53. The van der Waals surface area contributed by atoms with E-state index in [9.17, 15) is 0 Å². The Balaban J connectivity index is 1.36. The first kappa shape index (κ1) is 26.5. The molecule has 0 unspecified atom stereocenters. The fraction of sp³-hybridized carbons (Fsp3) is 0. The van der Waals surface area contributed by atoms with Gasteiger partial charge in [0.1, 0.15) is 11.2 Å². The lowest BCUT2D eigenvalue weighted by atomic mass is 9.91. The third kappa shape index (κ3) is 3.73. The molecule has 0 N–H and O–H groups in total. The predicted octanol–water partition coefficient (Wildman–Crippen LogP) is 13.0. The molecule has 0 radical (unpaired) electrons. The third-order valence-corrected chi connectivity index (χ3v) is 10.3. The minimum atomic E-state index is 0.909. The van der Waals surface area contributed by atoms with Crippen molar-refractivity contribution in [2.75, 3.05) is 4.90 Å². The first-order valence-corrected chi connectivity index (χ1v) is 16.8. The van der Waals surface area contributed by atoms with Crippen molar-refractivity contribution in [1.82, 2.24) is 4.57 Å². The molecule has 8 aromatic carbocycles. The lowest BCUT2D eigenvalue weighted by Crippen LogP contribution is -2.10. The fourth-order valence-corrected chi connectivity index (χ4v) is 8.23. The van der Waals surface area contributed by atoms with Crippen LogP contribution in [0.4, 0.5) is 17.1 Å². The van der Waals surface area contributed by atoms with E-state index in [1.807, 2.05) is 6.07 Å². The van der Waals surface area contributed by atoms with Crippen LogP contribution >= 0.6 is 0 Å². The van der Waals surface area contributed by atoms with Crippen LogP contribution in [0.5, 0.6) is 0 Å². The summed E-state index contributed by atoms with van der Waals surface area (Å²) in [5.41, 5.74) is 13.5. The summed E-state index contributed by atoms with van der Waals surface area (Å²) in [6, 6.07) is 61.3. The van der Waals surface area contributed by atoms with Crippen molar-refractivity contribution in [1.29, 1.82) is 0 Å². The van der Waals surface area contributed by atoms with Crippen LogP contribution in [0.15, 0.2) is 174 Å². The summed E-state index contributed by atoms with van der Waals surface area (Å²) < 4.78 is 8.96. The van der Waals surface area contributed by atoms with Crippen LogP contribution in [0.3, 0.4) is 0 Å². The molecular formula is C46H28N2O. The number of hydrogen-bond donors (Lipinski definition) is 0. The Morgan fingerprint density at radius 2 is 1.08 bits per heavy atom. The Morgan fingerprint density at radius 1 is 0.388 bits per heavy atom. The third-order valence-electron chi connectivity index (χ3n) is 10.3. The molecule has 2 aromatic heterocycles. The average molecular weight is 625 g/mol. The lowest BCUT2D eigenvalue weighted by Gasteiger charge is -2.26. The maximum absolute atomic E-state index is 6.50. The van der Waals surface area contributed by atoms with Gasteiger partial charge in [-0.1, -0.05) is 97.1 Å². The first-order valence-electron chi connectivity index (χ1n) is 16.8. The molecule has 1 aliphatic carbocycles. The molecule has 49 heavy (non-hydrogen) atoms. The van der Waals surface area contributed by atoms with Gasteiger partial charge in [-0.15, -0.1) is 0 Å². The summed E-state index contributed by atoms with van der Waals surface area (Å²) in [5, 5.41) is 7.35. The second-order valence-electron chi connectivity index (χ2n) is 12.9. The summed E-state index contributed by atoms with van der Waals surface area (Å²) in [7, 11) is 0. The number of furan rings is 1. The molecule has 3 heteroatoms. The SMILES string of the molecule is c1ccc(N(c2ccccc2)c2cc3c4c5c6c(cccc6ccc5n(-c5ccccc5)c4c2)-c2cc4oc5ccccc5c4cc2-3)cc1. The van der Waals surface area contributed by atoms with Crippen molar-refractivity contribution in [2.24, 2.45) is 0 Å². The Hall–Kier alpha value is -6.58. The second kappa shape index (κ2) is 9.96. The van der Waals surface area contributed by atoms with Gasteiger partial charge in [0.15, 0.2) is 0 Å². The van der Waals surface area contributed by atoms with Crippen molar-refractivity contribution >= 4 is 71.6 Å². The molecule has 0 atom stereocenters. The van der Waals surface area contributed by atoms with Crippen LogP contribution in [0.2, 0.25) is 0 Å². The highest BCUT2D eigenvalue weighted by molar-refractivity contribution is 6.31. The van der Waals surface area contributed by atoms with Crippen LogP contribution in [-0.4, -0.2) is 4.57 Å². The molecule has 0 bridgehead atoms. The van der Waals surface area contributed by atoms with Crippen LogP contribution < -0.4 is 4.90 Å². The van der Waals surface area contributed by atoms with E-state index in [0.717, 1.165) is 44.7 Å². The Morgan fingerprint density at radius 3 is 1.86 bits per heavy atom. The number of hydrogen-bond acceptors (Lipinski definition) is 2. The number of aromatic nitrogens is 1. The summed E-state index contributed by atoms with van der Waals surface area (Å²) in [5.74, 6) is 0. The van der Waals surface area contributed by atoms with Gasteiger partial charge in [0, 0.05) is 44.3 Å². The van der Waals surface area contributed by atoms with Gasteiger partial charge in [0.05, 0.1) is 11.0 Å². The number of rotatable bonds is 4. The number of anilines is 3. The molecule has 0 amide bonds. The van der Waals surface area contributed by atoms with Crippen molar-refractivity contribution in [3.8, 4) is 27.9 Å². The van der Waals surface area contributed by atoms with Gasteiger partial charge in [-0.25, -0.2) is 0 Å². The molecule has 1 aliphatic rings. The summed E-state index contributed by atoms with van der Waals surface area (Å²) >= 11 is 0. The molecule has 0 spiro atoms. The smallest absolute Gasteiger partial charge is 0.136 e. The molecule has 0 saturated heterocycles. The zero-order valence-electron chi connectivity index (χ0n) is 26.5. The van der Waals surface area contributed by atoms with Gasteiger partial charge in [-0.05, 0) is 106 Å². The van der Waals surface area contributed by atoms with Crippen molar-refractivity contribution in [3.63, 3.8) is 0 Å². The fourth-order valence-electron chi connectivity index (χ4n) is 8.23. The number of benzene rings is 8. The average Bonchev–Trinajstić information content (AvgIpc) is 3.66. The van der Waals surface area contributed by atoms with Crippen LogP contribution in [0.1, 0.15) is 0 Å². The first-order chi connectivity index (χ1) is 24.3. The van der Waals surface area contributed by atoms with Gasteiger partial charge < -0.3 is 13.9 Å². The quantitative estimate of drug-likeness (QED) is 0.194. The molecular weight excluding hydrogens is 597 g/mol. The van der Waals surface area contributed by atoms with Crippen LogP contribution in [0, 0.1) is 0 Å². The number of fused-ring (bicyclic) bond motifs is 6. The molecule has 3 nitrogen and oxygen atoms in total. The molecule has 228 valence electrons. The van der Waals surface area contributed by atoms with E-state index in [0.29, 0.717) is 0 Å². The largest absolute Gasteiger partial charge is 0.456 e. The van der Waals surface area contributed by atoms with Gasteiger partial charge in [0.2, 0.25) is 0 Å². The Labute approximate surface area is 282 Å². The van der Waals surface area contributed by atoms with E-state index in [1.54, 1.807) is 0 Å². The monoisotopic (exact) mass is 624 g/mol. The van der Waals surface area contributed by atoms with Gasteiger partial charge in [-0.2, -0.15) is 0 Å². The number of nitrogens with zero attached hydrogens (tertiary/aromatic N) is 2. The molecule has 2 heterocycles. The normalized spacial score (nSPS) is 12.1. The van der Waals surface area contributed by atoms with Crippen molar-refractivity contribution < 1.29 is 4.42 Å². The summed E-state index contributed by atoms with van der Waals surface area (Å²) in [6.45, 7) is 0. The van der Waals surface area contributed by atoms with E-state index in [-0.39, 0.29) is 0 Å². The van der Waals surface area contributed by atoms with E-state index in [1.165, 1.54) is 54.8 Å². The van der Waals surface area contributed by atoms with Gasteiger partial charge >= 0.3 is 0 Å². The molecule has 10 aromatic rings. The maximum atomic E-state index is 6.50. The van der Waals surface area contributed by atoms with Crippen molar-refractivity contribution in [3.05, 3.63) is 170 Å². The molecule has 0 fully saturated rings. The van der Waals surface area contributed by atoms with E-state index in [4.69, 9.17) is 4.42 Å². The van der Waals surface area contributed by atoms with E-state index >= 15 is 0 Å². The van der Waals surface area contributed by atoms with E-state index in [2.05, 4.69) is 173 Å². The zero-order chi connectivity index (χ0) is 32.1. The van der Waals surface area contributed by atoms with Crippen LogP contribution in [-0.2, 0) is 0 Å². The highest BCUT2D eigenvalue weighted by Gasteiger charge is 2.28. The van der Waals surface area contributed by atoms with Crippen molar-refractivity contribution in [2.45, 2.75) is 0 Å². The molecule has 0 aliphatic heterocycles. The molecule has 11 rings (SSSR count). The summed E-state index contributed by atoms with van der Waals surface area (Å²) in [6.07, 6.45) is 0. The Bertz CT molecular complexity index is 2880. The van der Waals surface area contributed by atoms with Gasteiger partial charge in [-0.3, -0.25) is 0 Å². The summed E-state index contributed by atoms with van der Waals surface area (Å²) in [4.78, 5) is 2.38. The highest BCUT2D eigenvalue weighted by atomic mass is 16.3. The van der Waals surface area contributed by atoms with Gasteiger partial charge in [0.25, 0.3) is 0 Å². The standard InChI is InChI=1S/C46H28N2O/c1-4-14-30(15-5-1)47(31-16-6-2-7-17-31)33-25-39-36-27-38-34-20-10-11-22-42(34)49-43(38)28-37(36)35-21-12-13-29-23-24-40-46(44(29)35)45(39)41(26-33)48(40)32-18-8-3-9-19-32/h1-28H. The maximum Gasteiger partial charge on any atom is 0.136 e. The Kier molecular flexibility index (Phi) is 5.38. The lowest BCUT2D eigenvalue weighted by molar-refractivity contribution is 0.669. The minimum Gasteiger partial charge on any atom is -0.456 e. The minimum absolute atomic E-state index is 0.909. The molecule has 0 saturated carbocycles. The van der Waals surface area contributed by atoms with E-state index < -0.39 is 0 Å². The van der Waals surface area contributed by atoms with Crippen LogP contribution in [0.25, 0.3) is 82.5 Å². The zero-order valence-corrected chi connectivity index (χ0v) is 26.5. The predicted molar refractivity (Wildman–Crippen MR) is 205 cm³/mol. The number of para-hydroxylation sites is 4.